The Morgan fingerprint density at radius 2 is 1.83 bits per heavy atom. The van der Waals surface area contributed by atoms with Gasteiger partial charge in [0, 0.05) is 17.9 Å². The van der Waals surface area contributed by atoms with Gasteiger partial charge in [-0.3, -0.25) is 10.1 Å². The number of fused-ring (bicyclic) bond motifs is 1. The van der Waals surface area contributed by atoms with Gasteiger partial charge in [0.15, 0.2) is 0 Å². The van der Waals surface area contributed by atoms with Gasteiger partial charge in [0.05, 0.1) is 24.1 Å². The van der Waals surface area contributed by atoms with Crippen molar-refractivity contribution in [2.75, 3.05) is 10.6 Å². The van der Waals surface area contributed by atoms with Crippen molar-refractivity contribution < 1.29 is 18.4 Å². The smallest absolute Gasteiger partial charge is 0.319 e. The number of hydrogen-bond acceptors (Lipinski definition) is 5. The highest BCUT2D eigenvalue weighted by Gasteiger charge is 2.25. The Morgan fingerprint density at radius 3 is 2.45 bits per heavy atom. The van der Waals surface area contributed by atoms with Crippen LogP contribution in [0.15, 0.2) is 35.0 Å². The van der Waals surface area contributed by atoms with Gasteiger partial charge in [0.1, 0.15) is 17.2 Å². The normalized spacial score (nSPS) is 12.1. The summed E-state index contributed by atoms with van der Waals surface area (Å²) in [7, 11) is 0. The second kappa shape index (κ2) is 8.26. The van der Waals surface area contributed by atoms with Crippen molar-refractivity contribution in [3.05, 3.63) is 47.7 Å². The minimum absolute atomic E-state index is 0.0169. The molecule has 3 N–H and O–H groups in total. The van der Waals surface area contributed by atoms with E-state index >= 15 is 0 Å². The number of benzene rings is 1. The fourth-order valence-corrected chi connectivity index (χ4v) is 2.97. The number of hydrogen-bond donors (Lipinski definition) is 3. The van der Waals surface area contributed by atoms with Crippen molar-refractivity contribution in [3.8, 4) is 0 Å². The van der Waals surface area contributed by atoms with E-state index < -0.39 is 12.1 Å². The highest BCUT2D eigenvalue weighted by Crippen LogP contribution is 2.33. The molecule has 0 aliphatic carbocycles. The number of nitrogens with zero attached hydrogens (tertiary/aromatic N) is 2. The van der Waals surface area contributed by atoms with Crippen LogP contribution in [0.5, 0.6) is 0 Å². The van der Waals surface area contributed by atoms with Gasteiger partial charge in [-0.1, -0.05) is 13.8 Å². The second-order valence-corrected chi connectivity index (χ2v) is 7.03. The first kappa shape index (κ1) is 20.2. The molecule has 2 aromatic heterocycles. The molecule has 9 heteroatoms. The molecule has 0 saturated heterocycles. The average molecular weight is 399 g/mol. The number of aromatic nitrogens is 2. The van der Waals surface area contributed by atoms with Gasteiger partial charge in [-0.05, 0) is 31.0 Å². The number of carbonyl (C=O) groups is 2. The molecule has 0 aliphatic heterocycles. The van der Waals surface area contributed by atoms with Crippen molar-refractivity contribution in [1.29, 1.82) is 0 Å². The molecule has 0 aliphatic rings. The molecule has 0 saturated carbocycles. The predicted molar refractivity (Wildman–Crippen MR) is 107 cm³/mol. The van der Waals surface area contributed by atoms with Crippen LogP contribution < -0.4 is 16.0 Å². The average Bonchev–Trinajstić information content (AvgIpc) is 2.97. The van der Waals surface area contributed by atoms with Crippen LogP contribution in [0.4, 0.5) is 20.8 Å². The zero-order valence-electron chi connectivity index (χ0n) is 16.5. The van der Waals surface area contributed by atoms with Crippen molar-refractivity contribution >= 4 is 34.5 Å². The van der Waals surface area contributed by atoms with E-state index in [1.807, 2.05) is 20.8 Å². The monoisotopic (exact) mass is 399 g/mol. The predicted octanol–water partition coefficient (Wildman–Crippen LogP) is 4.15. The summed E-state index contributed by atoms with van der Waals surface area (Å²) in [4.78, 5) is 31.4. The SMILES string of the molecule is CC(=O)Nc1ncc(NC(=O)N[C@H](c2oc3ccc(F)cc3c2C)C(C)C)cn1. The molecule has 0 unspecified atom stereocenters. The van der Waals surface area contributed by atoms with Crippen LogP contribution >= 0.6 is 0 Å². The molecule has 29 heavy (non-hydrogen) atoms. The highest BCUT2D eigenvalue weighted by molar-refractivity contribution is 5.90. The van der Waals surface area contributed by atoms with E-state index in [9.17, 15) is 14.0 Å². The van der Waals surface area contributed by atoms with Gasteiger partial charge < -0.3 is 15.1 Å². The Hall–Kier alpha value is -3.49. The van der Waals surface area contributed by atoms with Crippen LogP contribution in [0.25, 0.3) is 11.0 Å². The summed E-state index contributed by atoms with van der Waals surface area (Å²) >= 11 is 0. The molecule has 8 nitrogen and oxygen atoms in total. The number of nitrogens with one attached hydrogen (secondary N) is 3. The summed E-state index contributed by atoms with van der Waals surface area (Å²) in [6.45, 7) is 7.08. The largest absolute Gasteiger partial charge is 0.459 e. The fourth-order valence-electron chi connectivity index (χ4n) is 2.97. The molecule has 3 amide bonds. The third-order valence-electron chi connectivity index (χ3n) is 4.37. The van der Waals surface area contributed by atoms with Gasteiger partial charge in [-0.15, -0.1) is 0 Å². The molecule has 2 heterocycles. The molecule has 0 radical (unpaired) electrons. The third kappa shape index (κ3) is 4.68. The van der Waals surface area contributed by atoms with Crippen LogP contribution in [-0.4, -0.2) is 21.9 Å². The summed E-state index contributed by atoms with van der Waals surface area (Å²) in [5.41, 5.74) is 1.71. The van der Waals surface area contributed by atoms with E-state index in [4.69, 9.17) is 4.42 Å². The minimum atomic E-state index is -0.467. The number of aryl methyl sites for hydroxylation is 1. The number of furan rings is 1. The molecular formula is C20H22FN5O3. The Balaban J connectivity index is 1.76. The first-order valence-corrected chi connectivity index (χ1v) is 9.10. The molecule has 0 spiro atoms. The first-order valence-electron chi connectivity index (χ1n) is 9.10. The fraction of sp³-hybridized carbons (Fsp3) is 0.300. The standard InChI is InChI=1S/C20H22FN5O3/c1-10(2)17(18-11(3)15-7-13(21)5-6-16(15)29-18)26-20(28)25-14-8-22-19(23-9-14)24-12(4)27/h5-10,17H,1-4H3,(H2,25,26,28)(H,22,23,24,27)/t17-/m0/s1. The molecular weight excluding hydrogens is 377 g/mol. The lowest BCUT2D eigenvalue weighted by atomic mass is 9.98. The molecule has 3 aromatic rings. The van der Waals surface area contributed by atoms with E-state index in [0.29, 0.717) is 22.4 Å². The Bertz CT molecular complexity index is 1050. The quantitative estimate of drug-likeness (QED) is 0.597. The molecule has 0 fully saturated rings. The van der Waals surface area contributed by atoms with Gasteiger partial charge in [-0.25, -0.2) is 19.2 Å². The summed E-state index contributed by atoms with van der Waals surface area (Å²) in [5, 5.41) is 8.66. The van der Waals surface area contributed by atoms with E-state index in [0.717, 1.165) is 5.56 Å². The maximum Gasteiger partial charge on any atom is 0.319 e. The van der Waals surface area contributed by atoms with Crippen molar-refractivity contribution in [3.63, 3.8) is 0 Å². The maximum absolute atomic E-state index is 13.6. The first-order chi connectivity index (χ1) is 13.7. The molecule has 0 bridgehead atoms. The molecule has 1 atom stereocenters. The zero-order valence-corrected chi connectivity index (χ0v) is 16.5. The third-order valence-corrected chi connectivity index (χ3v) is 4.37. The maximum atomic E-state index is 13.6. The molecule has 152 valence electrons. The lowest BCUT2D eigenvalue weighted by Crippen LogP contribution is -2.35. The Labute approximate surface area is 166 Å². The summed E-state index contributed by atoms with van der Waals surface area (Å²) < 4.78 is 19.5. The summed E-state index contributed by atoms with van der Waals surface area (Å²) in [6.07, 6.45) is 2.77. The van der Waals surface area contributed by atoms with Gasteiger partial charge in [0.2, 0.25) is 11.9 Å². The van der Waals surface area contributed by atoms with Crippen molar-refractivity contribution in [1.82, 2.24) is 15.3 Å². The van der Waals surface area contributed by atoms with E-state index in [-0.39, 0.29) is 23.6 Å². The Morgan fingerprint density at radius 1 is 1.14 bits per heavy atom. The van der Waals surface area contributed by atoms with Crippen LogP contribution in [0.3, 0.4) is 0 Å². The van der Waals surface area contributed by atoms with Crippen LogP contribution in [0.2, 0.25) is 0 Å². The van der Waals surface area contributed by atoms with Crippen LogP contribution in [0.1, 0.15) is 38.1 Å². The van der Waals surface area contributed by atoms with Gasteiger partial charge >= 0.3 is 6.03 Å². The van der Waals surface area contributed by atoms with Gasteiger partial charge in [-0.2, -0.15) is 0 Å². The number of amides is 3. The van der Waals surface area contributed by atoms with E-state index in [1.165, 1.54) is 31.5 Å². The summed E-state index contributed by atoms with van der Waals surface area (Å²) in [6, 6.07) is 3.44. The van der Waals surface area contributed by atoms with E-state index in [1.54, 1.807) is 6.07 Å². The highest BCUT2D eigenvalue weighted by atomic mass is 19.1. The van der Waals surface area contributed by atoms with Crippen LogP contribution in [0, 0.1) is 18.7 Å². The number of rotatable bonds is 5. The van der Waals surface area contributed by atoms with Crippen molar-refractivity contribution in [2.45, 2.75) is 33.7 Å². The number of anilines is 2. The molecule has 3 rings (SSSR count). The van der Waals surface area contributed by atoms with Crippen molar-refractivity contribution in [2.24, 2.45) is 5.92 Å². The van der Waals surface area contributed by atoms with Gasteiger partial charge in [0.25, 0.3) is 0 Å². The zero-order chi connectivity index (χ0) is 21.1. The number of urea groups is 1. The lowest BCUT2D eigenvalue weighted by Gasteiger charge is -2.21. The summed E-state index contributed by atoms with van der Waals surface area (Å²) in [5.74, 6) is 0.108. The Kier molecular flexibility index (Phi) is 5.76. The molecule has 1 aromatic carbocycles. The van der Waals surface area contributed by atoms with E-state index in [2.05, 4.69) is 25.9 Å². The minimum Gasteiger partial charge on any atom is -0.459 e. The number of carbonyl (C=O) groups excluding carboxylic acids is 2. The second-order valence-electron chi connectivity index (χ2n) is 7.03. The lowest BCUT2D eigenvalue weighted by molar-refractivity contribution is -0.114. The van der Waals surface area contributed by atoms with Crippen LogP contribution in [-0.2, 0) is 4.79 Å². The topological polar surface area (TPSA) is 109 Å². The number of halogens is 1.